The summed E-state index contributed by atoms with van der Waals surface area (Å²) in [7, 11) is 0. The van der Waals surface area contributed by atoms with Crippen LogP contribution in [0.15, 0.2) is 42.5 Å². The second kappa shape index (κ2) is 6.72. The molecule has 0 radical (unpaired) electrons. The Bertz CT molecular complexity index is 935. The van der Waals surface area contributed by atoms with Crippen molar-refractivity contribution in [3.63, 3.8) is 0 Å². The number of hydrogen-bond donors (Lipinski definition) is 2. The third-order valence-corrected chi connectivity index (χ3v) is 4.06. The highest BCUT2D eigenvalue weighted by molar-refractivity contribution is 6.06. The number of carbonyl (C=O) groups excluding carboxylic acids is 1. The summed E-state index contributed by atoms with van der Waals surface area (Å²) in [5, 5.41) is 10.6. The van der Waals surface area contributed by atoms with E-state index in [2.05, 4.69) is 15.6 Å². The maximum absolute atomic E-state index is 13.3. The average molecular weight is 339 g/mol. The molecule has 2 aromatic carbocycles. The molecular weight excluding hydrogens is 321 g/mol. The summed E-state index contributed by atoms with van der Waals surface area (Å²) in [6.07, 6.45) is 0. The summed E-state index contributed by atoms with van der Waals surface area (Å²) in [5.41, 5.74) is 9.45. The van der Waals surface area contributed by atoms with E-state index in [1.807, 2.05) is 32.0 Å². The Balaban J connectivity index is 1.80. The van der Waals surface area contributed by atoms with Gasteiger partial charge in [-0.25, -0.2) is 9.07 Å². The van der Waals surface area contributed by atoms with Crippen LogP contribution in [0.25, 0.3) is 0 Å². The van der Waals surface area contributed by atoms with Crippen LogP contribution in [0.3, 0.4) is 0 Å². The van der Waals surface area contributed by atoms with Crippen LogP contribution in [-0.4, -0.2) is 20.9 Å². The third kappa shape index (κ3) is 3.50. The van der Waals surface area contributed by atoms with Gasteiger partial charge in [-0.2, -0.15) is 0 Å². The molecule has 0 bridgehead atoms. The summed E-state index contributed by atoms with van der Waals surface area (Å²) < 4.78 is 14.6. The highest BCUT2D eigenvalue weighted by Gasteiger charge is 2.18. The number of nitrogens with zero attached hydrogens (tertiary/aromatic N) is 3. The van der Waals surface area contributed by atoms with Crippen molar-refractivity contribution in [3.05, 3.63) is 70.7 Å². The van der Waals surface area contributed by atoms with Gasteiger partial charge in [-0.05, 0) is 48.7 Å². The fourth-order valence-corrected chi connectivity index (χ4v) is 2.48. The molecule has 0 saturated heterocycles. The lowest BCUT2D eigenvalue weighted by molar-refractivity contribution is 0.102. The fourth-order valence-electron chi connectivity index (χ4n) is 2.48. The van der Waals surface area contributed by atoms with E-state index >= 15 is 0 Å². The Hall–Kier alpha value is -3.22. The van der Waals surface area contributed by atoms with Crippen LogP contribution < -0.4 is 11.1 Å². The van der Waals surface area contributed by atoms with Crippen LogP contribution in [0, 0.1) is 19.7 Å². The van der Waals surface area contributed by atoms with Gasteiger partial charge < -0.3 is 11.1 Å². The number of aromatic nitrogens is 3. The molecule has 0 fully saturated rings. The topological polar surface area (TPSA) is 85.8 Å². The van der Waals surface area contributed by atoms with Crippen molar-refractivity contribution >= 4 is 17.4 Å². The van der Waals surface area contributed by atoms with Crippen molar-refractivity contribution in [1.82, 2.24) is 15.0 Å². The highest BCUT2D eigenvalue weighted by Crippen LogP contribution is 2.20. The van der Waals surface area contributed by atoms with Crippen molar-refractivity contribution in [2.24, 2.45) is 0 Å². The largest absolute Gasteiger partial charge is 0.382 e. The number of aryl methyl sites for hydroxylation is 1. The summed E-state index contributed by atoms with van der Waals surface area (Å²) in [6, 6.07) is 11.7. The van der Waals surface area contributed by atoms with E-state index in [4.69, 9.17) is 5.73 Å². The number of nitrogens with two attached hydrogens (primary N) is 1. The first kappa shape index (κ1) is 16.6. The standard InChI is InChI=1S/C18H18FN5O/c1-11-5-3-8-15(12(11)2)21-18(25)16-17(20)24(23-22-16)10-13-6-4-7-14(19)9-13/h3-9H,10,20H2,1-2H3,(H,21,25). The number of rotatable bonds is 4. The fraction of sp³-hybridized carbons (Fsp3) is 0.167. The first-order valence-corrected chi connectivity index (χ1v) is 7.76. The number of amides is 1. The number of benzene rings is 2. The van der Waals surface area contributed by atoms with Gasteiger partial charge in [-0.1, -0.05) is 29.5 Å². The predicted molar refractivity (Wildman–Crippen MR) is 93.8 cm³/mol. The average Bonchev–Trinajstić information content (AvgIpc) is 2.93. The molecule has 0 unspecified atom stereocenters. The smallest absolute Gasteiger partial charge is 0.280 e. The first-order chi connectivity index (χ1) is 12.0. The quantitative estimate of drug-likeness (QED) is 0.765. The van der Waals surface area contributed by atoms with E-state index in [1.165, 1.54) is 16.8 Å². The summed E-state index contributed by atoms with van der Waals surface area (Å²) in [5.74, 6) is -0.646. The molecule has 3 N–H and O–H groups in total. The number of nitrogens with one attached hydrogen (secondary N) is 1. The van der Waals surface area contributed by atoms with Gasteiger partial charge in [0, 0.05) is 5.69 Å². The zero-order valence-corrected chi connectivity index (χ0v) is 14.0. The molecule has 3 aromatic rings. The minimum atomic E-state index is -0.434. The maximum Gasteiger partial charge on any atom is 0.280 e. The number of anilines is 2. The van der Waals surface area contributed by atoms with Gasteiger partial charge in [0.25, 0.3) is 5.91 Å². The number of carbonyl (C=O) groups is 1. The van der Waals surface area contributed by atoms with Gasteiger partial charge in [0.1, 0.15) is 5.82 Å². The minimum Gasteiger partial charge on any atom is -0.382 e. The molecule has 0 atom stereocenters. The Morgan fingerprint density at radius 1 is 1.24 bits per heavy atom. The number of halogens is 1. The number of hydrogen-bond acceptors (Lipinski definition) is 4. The zero-order valence-electron chi connectivity index (χ0n) is 14.0. The van der Waals surface area contributed by atoms with E-state index in [0.717, 1.165) is 11.1 Å². The molecule has 1 amide bonds. The monoisotopic (exact) mass is 339 g/mol. The van der Waals surface area contributed by atoms with Crippen LogP contribution in [-0.2, 0) is 6.54 Å². The van der Waals surface area contributed by atoms with Crippen molar-refractivity contribution in [2.75, 3.05) is 11.1 Å². The predicted octanol–water partition coefficient (Wildman–Crippen LogP) is 2.92. The second-order valence-corrected chi connectivity index (χ2v) is 5.81. The molecule has 1 heterocycles. The molecule has 25 heavy (non-hydrogen) atoms. The third-order valence-electron chi connectivity index (χ3n) is 4.06. The summed E-state index contributed by atoms with van der Waals surface area (Å²) in [4.78, 5) is 12.5. The zero-order chi connectivity index (χ0) is 18.0. The molecule has 7 heteroatoms. The van der Waals surface area contributed by atoms with Gasteiger partial charge >= 0.3 is 0 Å². The Morgan fingerprint density at radius 2 is 2.00 bits per heavy atom. The van der Waals surface area contributed by atoms with E-state index in [0.29, 0.717) is 11.3 Å². The molecule has 3 rings (SSSR count). The lowest BCUT2D eigenvalue weighted by Gasteiger charge is -2.09. The van der Waals surface area contributed by atoms with Crippen LogP contribution in [0.4, 0.5) is 15.9 Å². The van der Waals surface area contributed by atoms with Crippen LogP contribution in [0.2, 0.25) is 0 Å². The van der Waals surface area contributed by atoms with Gasteiger partial charge in [0.2, 0.25) is 0 Å². The van der Waals surface area contributed by atoms with E-state index < -0.39 is 5.91 Å². The van der Waals surface area contributed by atoms with Gasteiger partial charge in [-0.3, -0.25) is 4.79 Å². The van der Waals surface area contributed by atoms with Crippen molar-refractivity contribution in [1.29, 1.82) is 0 Å². The van der Waals surface area contributed by atoms with Crippen molar-refractivity contribution in [2.45, 2.75) is 20.4 Å². The van der Waals surface area contributed by atoms with Crippen LogP contribution >= 0.6 is 0 Å². The van der Waals surface area contributed by atoms with Gasteiger partial charge in [-0.15, -0.1) is 5.10 Å². The Kier molecular flexibility index (Phi) is 4.47. The second-order valence-electron chi connectivity index (χ2n) is 5.81. The molecule has 0 aliphatic rings. The SMILES string of the molecule is Cc1cccc(NC(=O)c2nnn(Cc3cccc(F)c3)c2N)c1C. The number of nitrogen functional groups attached to an aromatic ring is 1. The summed E-state index contributed by atoms with van der Waals surface area (Å²) in [6.45, 7) is 4.12. The lowest BCUT2D eigenvalue weighted by Crippen LogP contribution is -2.16. The molecule has 128 valence electrons. The van der Waals surface area contributed by atoms with E-state index in [9.17, 15) is 9.18 Å². The van der Waals surface area contributed by atoms with Crippen LogP contribution in [0.1, 0.15) is 27.2 Å². The van der Waals surface area contributed by atoms with Crippen molar-refractivity contribution < 1.29 is 9.18 Å². The Morgan fingerprint density at radius 3 is 2.76 bits per heavy atom. The highest BCUT2D eigenvalue weighted by atomic mass is 19.1. The Labute approximate surface area is 144 Å². The first-order valence-electron chi connectivity index (χ1n) is 7.76. The minimum absolute atomic E-state index is 0.0392. The lowest BCUT2D eigenvalue weighted by atomic mass is 10.1. The molecule has 0 spiro atoms. The van der Waals surface area contributed by atoms with Gasteiger partial charge in [0.15, 0.2) is 11.5 Å². The summed E-state index contributed by atoms with van der Waals surface area (Å²) >= 11 is 0. The molecule has 0 saturated carbocycles. The van der Waals surface area contributed by atoms with Crippen LogP contribution in [0.5, 0.6) is 0 Å². The molecular formula is C18H18FN5O. The molecule has 1 aromatic heterocycles. The molecule has 6 nitrogen and oxygen atoms in total. The molecule has 0 aliphatic carbocycles. The maximum atomic E-state index is 13.3. The van der Waals surface area contributed by atoms with E-state index in [-0.39, 0.29) is 23.9 Å². The van der Waals surface area contributed by atoms with Gasteiger partial charge in [0.05, 0.1) is 6.54 Å². The molecule has 0 aliphatic heterocycles. The normalized spacial score (nSPS) is 10.7. The van der Waals surface area contributed by atoms with Crippen molar-refractivity contribution in [3.8, 4) is 0 Å². The van der Waals surface area contributed by atoms with E-state index in [1.54, 1.807) is 12.1 Å².